The summed E-state index contributed by atoms with van der Waals surface area (Å²) >= 11 is 0. The molecule has 1 N–H and O–H groups in total. The van der Waals surface area contributed by atoms with Crippen LogP contribution in [0.3, 0.4) is 0 Å². The zero-order valence-corrected chi connectivity index (χ0v) is 15.4. The number of carboxylic acids is 1. The number of fused-ring (bicyclic) bond motifs is 1. The van der Waals surface area contributed by atoms with E-state index in [0.717, 1.165) is 5.56 Å². The first kappa shape index (κ1) is 20.2. The van der Waals surface area contributed by atoms with E-state index < -0.39 is 23.0 Å². The molecule has 0 bridgehead atoms. The number of carbonyl (C=O) groups is 1. The van der Waals surface area contributed by atoms with Crippen LogP contribution >= 0.6 is 12.4 Å². The van der Waals surface area contributed by atoms with Gasteiger partial charge in [-0.2, -0.15) is 0 Å². The van der Waals surface area contributed by atoms with Gasteiger partial charge in [0.15, 0.2) is 17.5 Å². The molecule has 0 amide bonds. The number of ether oxygens (including phenoxy) is 2. The van der Waals surface area contributed by atoms with Gasteiger partial charge in [-0.15, -0.1) is 12.4 Å². The standard InChI is InChI=1S/C17H17N3O6.ClH/c1-25-14-5-3-10(7-15(14)26-2)13-8-12(17(21)22)18-16-6-4-11(20(23)24)9-19(13)16;/h3-7,9,12-13H,8H2,1-2H3,(H,21,22);1H. The van der Waals surface area contributed by atoms with Gasteiger partial charge in [-0.25, -0.2) is 4.79 Å². The highest BCUT2D eigenvalue weighted by molar-refractivity contribution is 5.97. The minimum Gasteiger partial charge on any atom is -0.493 e. The molecule has 0 spiro atoms. The van der Waals surface area contributed by atoms with Crippen LogP contribution in [-0.4, -0.2) is 47.0 Å². The second-order valence-corrected chi connectivity index (χ2v) is 5.76. The van der Waals surface area contributed by atoms with E-state index in [1.54, 1.807) is 23.1 Å². The Morgan fingerprint density at radius 2 is 2.00 bits per heavy atom. The van der Waals surface area contributed by atoms with E-state index in [1.807, 2.05) is 0 Å². The summed E-state index contributed by atoms with van der Waals surface area (Å²) in [6.07, 6.45) is 4.31. The van der Waals surface area contributed by atoms with Crippen molar-refractivity contribution in [3.05, 3.63) is 57.9 Å². The normalized spacial score (nSPS) is 20.6. The maximum Gasteiger partial charge on any atom is 0.328 e. The Morgan fingerprint density at radius 3 is 2.59 bits per heavy atom. The number of aliphatic carboxylic acids is 1. The predicted octanol–water partition coefficient (Wildman–Crippen LogP) is 2.41. The van der Waals surface area contributed by atoms with Crippen LogP contribution in [0.4, 0.5) is 0 Å². The molecule has 0 saturated heterocycles. The van der Waals surface area contributed by atoms with Crippen LogP contribution in [0.15, 0.2) is 47.2 Å². The largest absolute Gasteiger partial charge is 0.493 e. The highest BCUT2D eigenvalue weighted by Gasteiger charge is 2.36. The summed E-state index contributed by atoms with van der Waals surface area (Å²) in [7, 11) is 3.02. The van der Waals surface area contributed by atoms with Crippen molar-refractivity contribution in [2.24, 2.45) is 4.99 Å². The SMILES string of the molecule is COc1ccc(C2CC(C(=O)O)N=C3C=CC([N+](=O)[O-])=CN32)cc1OC.Cl. The van der Waals surface area contributed by atoms with E-state index in [1.165, 1.54) is 32.6 Å². The van der Waals surface area contributed by atoms with E-state index in [4.69, 9.17) is 9.47 Å². The number of methoxy groups -OCH3 is 2. The van der Waals surface area contributed by atoms with Crippen LogP contribution in [0.2, 0.25) is 0 Å². The molecular formula is C17H18ClN3O6. The third-order valence-electron chi connectivity index (χ3n) is 4.30. The molecule has 0 aliphatic carbocycles. The van der Waals surface area contributed by atoms with Crippen LogP contribution in [0.25, 0.3) is 0 Å². The van der Waals surface area contributed by atoms with Gasteiger partial charge < -0.3 is 19.5 Å². The van der Waals surface area contributed by atoms with Gasteiger partial charge in [-0.1, -0.05) is 6.07 Å². The third-order valence-corrected chi connectivity index (χ3v) is 4.30. The molecule has 1 aromatic rings. The van der Waals surface area contributed by atoms with Gasteiger partial charge in [0.05, 0.1) is 31.4 Å². The number of aliphatic imine (C=N–C) groups is 1. The highest BCUT2D eigenvalue weighted by atomic mass is 35.5. The van der Waals surface area contributed by atoms with Gasteiger partial charge in [-0.3, -0.25) is 15.1 Å². The molecule has 3 rings (SSSR count). The van der Waals surface area contributed by atoms with E-state index >= 15 is 0 Å². The van der Waals surface area contributed by atoms with Gasteiger partial charge in [0, 0.05) is 12.5 Å². The molecular weight excluding hydrogens is 378 g/mol. The first-order valence-electron chi connectivity index (χ1n) is 7.79. The molecule has 2 unspecified atom stereocenters. The second kappa shape index (κ2) is 8.09. The molecule has 144 valence electrons. The summed E-state index contributed by atoms with van der Waals surface area (Å²) in [5, 5.41) is 20.5. The zero-order chi connectivity index (χ0) is 18.8. The number of amidine groups is 1. The number of nitro groups is 1. The lowest BCUT2D eigenvalue weighted by Gasteiger charge is -2.37. The molecule has 2 aliphatic heterocycles. The van der Waals surface area contributed by atoms with Crippen molar-refractivity contribution < 1.29 is 24.3 Å². The van der Waals surface area contributed by atoms with E-state index in [0.29, 0.717) is 17.3 Å². The highest BCUT2D eigenvalue weighted by Crippen LogP contribution is 2.37. The van der Waals surface area contributed by atoms with Gasteiger partial charge in [0.2, 0.25) is 0 Å². The third kappa shape index (κ3) is 3.87. The molecule has 0 fully saturated rings. The number of allylic oxidation sites excluding steroid dienone is 1. The lowest BCUT2D eigenvalue weighted by molar-refractivity contribution is -0.420. The molecule has 2 aliphatic rings. The number of rotatable bonds is 5. The maximum absolute atomic E-state index is 11.5. The zero-order valence-electron chi connectivity index (χ0n) is 14.6. The van der Waals surface area contributed by atoms with Crippen LogP contribution in [-0.2, 0) is 4.79 Å². The Hall–Kier alpha value is -3.07. The average molecular weight is 396 g/mol. The summed E-state index contributed by atoms with van der Waals surface area (Å²) in [5.41, 5.74) is 0.652. The molecule has 0 saturated carbocycles. The maximum atomic E-state index is 11.5. The minimum atomic E-state index is -1.04. The summed E-state index contributed by atoms with van der Waals surface area (Å²) in [6, 6.07) is 3.86. The Morgan fingerprint density at radius 1 is 1.30 bits per heavy atom. The predicted molar refractivity (Wildman–Crippen MR) is 99.1 cm³/mol. The lowest BCUT2D eigenvalue weighted by Crippen LogP contribution is -2.40. The number of hydrogen-bond donors (Lipinski definition) is 1. The van der Waals surface area contributed by atoms with Crippen molar-refractivity contribution in [3.8, 4) is 11.5 Å². The summed E-state index contributed by atoms with van der Waals surface area (Å²) in [4.78, 5) is 27.9. The fourth-order valence-electron chi connectivity index (χ4n) is 3.02. The number of benzene rings is 1. The van der Waals surface area contributed by atoms with Crippen molar-refractivity contribution in [2.75, 3.05) is 14.2 Å². The van der Waals surface area contributed by atoms with Crippen LogP contribution in [0.1, 0.15) is 18.0 Å². The molecule has 27 heavy (non-hydrogen) atoms. The Bertz CT molecular complexity index is 851. The molecule has 0 aromatic heterocycles. The first-order valence-corrected chi connectivity index (χ1v) is 7.79. The quantitative estimate of drug-likeness (QED) is 0.601. The Labute approximate surface area is 161 Å². The number of halogens is 1. The topological polar surface area (TPSA) is 114 Å². The monoisotopic (exact) mass is 395 g/mol. The fraction of sp³-hybridized carbons (Fsp3) is 0.294. The van der Waals surface area contributed by atoms with Crippen LogP contribution in [0.5, 0.6) is 11.5 Å². The van der Waals surface area contributed by atoms with Crippen molar-refractivity contribution >= 4 is 24.2 Å². The smallest absolute Gasteiger partial charge is 0.328 e. The van der Waals surface area contributed by atoms with Gasteiger partial charge in [-0.05, 0) is 23.8 Å². The van der Waals surface area contributed by atoms with E-state index in [2.05, 4.69) is 4.99 Å². The fourth-order valence-corrected chi connectivity index (χ4v) is 3.02. The molecule has 2 heterocycles. The van der Waals surface area contributed by atoms with Crippen molar-refractivity contribution in [1.82, 2.24) is 4.90 Å². The molecule has 10 heteroatoms. The summed E-state index contributed by atoms with van der Waals surface area (Å²) in [6.45, 7) is 0. The molecule has 9 nitrogen and oxygen atoms in total. The van der Waals surface area contributed by atoms with Crippen molar-refractivity contribution in [2.45, 2.75) is 18.5 Å². The van der Waals surface area contributed by atoms with Crippen molar-refractivity contribution in [3.63, 3.8) is 0 Å². The summed E-state index contributed by atoms with van der Waals surface area (Å²) < 4.78 is 10.5. The summed E-state index contributed by atoms with van der Waals surface area (Å²) in [5.74, 6) is 0.358. The van der Waals surface area contributed by atoms with Gasteiger partial charge in [0.1, 0.15) is 5.84 Å². The van der Waals surface area contributed by atoms with Gasteiger partial charge >= 0.3 is 5.97 Å². The number of hydrogen-bond acceptors (Lipinski definition) is 7. The molecule has 2 atom stereocenters. The van der Waals surface area contributed by atoms with E-state index in [-0.39, 0.29) is 24.5 Å². The van der Waals surface area contributed by atoms with Crippen LogP contribution < -0.4 is 9.47 Å². The first-order chi connectivity index (χ1) is 12.4. The van der Waals surface area contributed by atoms with Crippen LogP contribution in [0, 0.1) is 10.1 Å². The molecule has 1 aromatic carbocycles. The number of carboxylic acid groups (broad SMARTS) is 1. The average Bonchev–Trinajstić information content (AvgIpc) is 2.65. The van der Waals surface area contributed by atoms with Gasteiger partial charge in [0.25, 0.3) is 5.70 Å². The Kier molecular flexibility index (Phi) is 6.06. The lowest BCUT2D eigenvalue weighted by atomic mass is 9.94. The molecule has 0 radical (unpaired) electrons. The second-order valence-electron chi connectivity index (χ2n) is 5.76. The Balaban J connectivity index is 0.00000261. The minimum absolute atomic E-state index is 0. The van der Waals surface area contributed by atoms with Crippen molar-refractivity contribution in [1.29, 1.82) is 0 Å². The number of nitrogens with zero attached hydrogens (tertiary/aromatic N) is 3. The van der Waals surface area contributed by atoms with E-state index in [9.17, 15) is 20.0 Å².